The first-order valence-electron chi connectivity index (χ1n) is 12.2. The number of ether oxygens (including phenoxy) is 2. The van der Waals surface area contributed by atoms with E-state index in [1.807, 2.05) is 43.9 Å². The topological polar surface area (TPSA) is 56.6 Å². The van der Waals surface area contributed by atoms with Crippen LogP contribution in [0.3, 0.4) is 0 Å². The Balaban J connectivity index is 1.39. The van der Waals surface area contributed by atoms with Crippen LogP contribution in [-0.4, -0.2) is 39.2 Å². The molecule has 0 N–H and O–H groups in total. The number of hydrogen-bond acceptors (Lipinski definition) is 4. The van der Waals surface area contributed by atoms with Gasteiger partial charge in [-0.3, -0.25) is 0 Å². The Kier molecular flexibility index (Phi) is 8.12. The van der Waals surface area contributed by atoms with Crippen LogP contribution in [0.4, 0.5) is 4.79 Å². The van der Waals surface area contributed by atoms with Gasteiger partial charge in [-0.25, -0.2) is 9.78 Å². The molecule has 1 unspecified atom stereocenters. The molecule has 1 aliphatic rings. The maximum absolute atomic E-state index is 12.5. The average molecular weight is 518 g/mol. The molecule has 8 heteroatoms. The summed E-state index contributed by atoms with van der Waals surface area (Å²) in [6, 6.07) is 13.3. The van der Waals surface area contributed by atoms with Crippen molar-refractivity contribution < 1.29 is 14.3 Å². The monoisotopic (exact) mass is 517 g/mol. The zero-order valence-electron chi connectivity index (χ0n) is 20.6. The number of benzene rings is 2. The third-order valence-electron chi connectivity index (χ3n) is 6.10. The van der Waals surface area contributed by atoms with E-state index in [1.54, 1.807) is 18.2 Å². The van der Waals surface area contributed by atoms with Crippen LogP contribution in [-0.2, 0) is 17.9 Å². The van der Waals surface area contributed by atoms with E-state index in [4.69, 9.17) is 37.7 Å². The number of aryl methyl sites for hydroxylation is 1. The molecule has 2 aromatic carbocycles. The minimum atomic E-state index is -0.471. The van der Waals surface area contributed by atoms with E-state index in [2.05, 4.69) is 10.6 Å². The molecule has 0 spiro atoms. The van der Waals surface area contributed by atoms with Crippen molar-refractivity contribution in [2.75, 3.05) is 13.1 Å². The molecule has 4 rings (SSSR count). The summed E-state index contributed by atoms with van der Waals surface area (Å²) in [4.78, 5) is 19.2. The average Bonchev–Trinajstić information content (AvgIpc) is 3.14. The van der Waals surface area contributed by atoms with Crippen LogP contribution in [0, 0.1) is 5.92 Å². The van der Waals surface area contributed by atoms with Crippen LogP contribution in [0.25, 0.3) is 11.0 Å². The fourth-order valence-corrected chi connectivity index (χ4v) is 5.08. The smallest absolute Gasteiger partial charge is 0.410 e. The van der Waals surface area contributed by atoms with Gasteiger partial charge >= 0.3 is 6.09 Å². The standard InChI is InChI=1S/C27H33Cl2N3O3/c1-27(2,3)35-26(33)31-12-6-8-19(17-31)9-7-13-32-24-11-5-4-10-23(24)30-25(32)18-34-22-15-20(28)14-21(29)16-22/h4-5,10-11,14-16,19H,6-9,12-13,17-18H2,1-3H3. The molecule has 2 heterocycles. The van der Waals surface area contributed by atoms with Crippen LogP contribution in [0.15, 0.2) is 42.5 Å². The van der Waals surface area contributed by atoms with E-state index in [-0.39, 0.29) is 6.09 Å². The Bertz CT molecular complexity index is 1150. The van der Waals surface area contributed by atoms with Gasteiger partial charge in [0.15, 0.2) is 0 Å². The molecule has 1 atom stereocenters. The number of para-hydroxylation sites is 2. The number of aromatic nitrogens is 2. The summed E-state index contributed by atoms with van der Waals surface area (Å²) in [6.45, 7) is 8.40. The second-order valence-electron chi connectivity index (χ2n) is 10.1. The summed E-state index contributed by atoms with van der Waals surface area (Å²) >= 11 is 12.2. The molecular formula is C27H33Cl2N3O3. The van der Waals surface area contributed by atoms with E-state index < -0.39 is 5.60 Å². The Morgan fingerprint density at radius 3 is 2.63 bits per heavy atom. The van der Waals surface area contributed by atoms with Gasteiger partial charge in [0.2, 0.25) is 0 Å². The van der Waals surface area contributed by atoms with E-state index in [9.17, 15) is 4.79 Å². The number of carbonyl (C=O) groups is 1. The van der Waals surface area contributed by atoms with Crippen LogP contribution < -0.4 is 4.74 Å². The number of amides is 1. The number of piperidine rings is 1. The number of hydrogen-bond donors (Lipinski definition) is 0. The highest BCUT2D eigenvalue weighted by Crippen LogP contribution is 2.27. The largest absolute Gasteiger partial charge is 0.486 e. The van der Waals surface area contributed by atoms with Crippen LogP contribution in [0.5, 0.6) is 5.75 Å². The molecule has 188 valence electrons. The van der Waals surface area contributed by atoms with Crippen molar-refractivity contribution >= 4 is 40.3 Å². The van der Waals surface area contributed by atoms with Crippen LogP contribution in [0.2, 0.25) is 10.0 Å². The van der Waals surface area contributed by atoms with Crippen molar-refractivity contribution in [3.05, 3.63) is 58.3 Å². The molecule has 0 aliphatic carbocycles. The zero-order chi connectivity index (χ0) is 25.0. The maximum Gasteiger partial charge on any atom is 0.410 e. The molecule has 35 heavy (non-hydrogen) atoms. The summed E-state index contributed by atoms with van der Waals surface area (Å²) in [5.41, 5.74) is 1.57. The van der Waals surface area contributed by atoms with E-state index in [1.165, 1.54) is 0 Å². The Labute approximate surface area is 217 Å². The molecule has 1 fully saturated rings. The number of likely N-dealkylation sites (tertiary alicyclic amines) is 1. The molecule has 1 aliphatic heterocycles. The Morgan fingerprint density at radius 2 is 1.89 bits per heavy atom. The first kappa shape index (κ1) is 25.6. The van der Waals surface area contributed by atoms with E-state index in [0.29, 0.717) is 28.3 Å². The molecule has 6 nitrogen and oxygen atoms in total. The predicted molar refractivity (Wildman–Crippen MR) is 140 cm³/mol. The molecule has 3 aromatic rings. The van der Waals surface area contributed by atoms with Gasteiger partial charge in [-0.2, -0.15) is 0 Å². The van der Waals surface area contributed by atoms with Gasteiger partial charge in [0.05, 0.1) is 11.0 Å². The molecule has 0 radical (unpaired) electrons. The lowest BCUT2D eigenvalue weighted by atomic mass is 9.93. The Morgan fingerprint density at radius 1 is 1.14 bits per heavy atom. The highest BCUT2D eigenvalue weighted by Gasteiger charge is 2.27. The number of halogens is 2. The van der Waals surface area contributed by atoms with Gasteiger partial charge in [0.1, 0.15) is 23.8 Å². The third-order valence-corrected chi connectivity index (χ3v) is 6.54. The third kappa shape index (κ3) is 7.05. The Hall–Kier alpha value is -2.44. The normalized spacial score (nSPS) is 16.5. The van der Waals surface area contributed by atoms with Gasteiger partial charge in [0, 0.05) is 29.7 Å². The fraction of sp³-hybridized carbons (Fsp3) is 0.481. The minimum absolute atomic E-state index is 0.205. The molecule has 1 saturated heterocycles. The number of nitrogens with zero attached hydrogens (tertiary/aromatic N) is 3. The van der Waals surface area contributed by atoms with E-state index in [0.717, 1.165) is 62.2 Å². The zero-order valence-corrected chi connectivity index (χ0v) is 22.1. The fourth-order valence-electron chi connectivity index (χ4n) is 4.58. The van der Waals surface area contributed by atoms with Gasteiger partial charge in [-0.1, -0.05) is 35.3 Å². The van der Waals surface area contributed by atoms with Crippen LogP contribution >= 0.6 is 23.2 Å². The molecule has 1 aromatic heterocycles. The van der Waals surface area contributed by atoms with Crippen molar-refractivity contribution in [2.45, 2.75) is 65.2 Å². The number of rotatable bonds is 7. The molecule has 1 amide bonds. The summed E-state index contributed by atoms with van der Waals surface area (Å²) in [6.07, 6.45) is 3.97. The highest BCUT2D eigenvalue weighted by atomic mass is 35.5. The van der Waals surface area contributed by atoms with Gasteiger partial charge in [0.25, 0.3) is 0 Å². The predicted octanol–water partition coefficient (Wildman–Crippen LogP) is 7.35. The number of carbonyl (C=O) groups excluding carboxylic acids is 1. The lowest BCUT2D eigenvalue weighted by molar-refractivity contribution is 0.0160. The van der Waals surface area contributed by atoms with Crippen molar-refractivity contribution in [1.82, 2.24) is 14.5 Å². The molecule has 0 saturated carbocycles. The number of fused-ring (bicyclic) bond motifs is 1. The highest BCUT2D eigenvalue weighted by molar-refractivity contribution is 6.34. The van der Waals surface area contributed by atoms with Crippen molar-refractivity contribution in [3.8, 4) is 5.75 Å². The van der Waals surface area contributed by atoms with Crippen molar-refractivity contribution in [1.29, 1.82) is 0 Å². The summed E-state index contributed by atoms with van der Waals surface area (Å²) in [7, 11) is 0. The SMILES string of the molecule is CC(C)(C)OC(=O)N1CCCC(CCCn2c(COc3cc(Cl)cc(Cl)c3)nc3ccccc32)C1. The second-order valence-corrected chi connectivity index (χ2v) is 11.0. The van der Waals surface area contributed by atoms with Crippen molar-refractivity contribution in [2.24, 2.45) is 5.92 Å². The summed E-state index contributed by atoms with van der Waals surface area (Å²) in [5, 5.41) is 1.07. The van der Waals surface area contributed by atoms with Gasteiger partial charge < -0.3 is 18.9 Å². The van der Waals surface area contributed by atoms with Gasteiger partial charge in [-0.15, -0.1) is 0 Å². The van der Waals surface area contributed by atoms with Gasteiger partial charge in [-0.05, 0) is 82.7 Å². The first-order valence-corrected chi connectivity index (χ1v) is 12.9. The maximum atomic E-state index is 12.5. The van der Waals surface area contributed by atoms with Crippen LogP contribution in [0.1, 0.15) is 52.3 Å². The lowest BCUT2D eigenvalue weighted by Crippen LogP contribution is -2.42. The quantitative estimate of drug-likeness (QED) is 0.328. The number of imidazole rings is 1. The van der Waals surface area contributed by atoms with E-state index >= 15 is 0 Å². The summed E-state index contributed by atoms with van der Waals surface area (Å²) < 4.78 is 13.8. The van der Waals surface area contributed by atoms with Crippen molar-refractivity contribution in [3.63, 3.8) is 0 Å². The minimum Gasteiger partial charge on any atom is -0.486 e. The summed E-state index contributed by atoms with van der Waals surface area (Å²) in [5.74, 6) is 1.95. The first-order chi connectivity index (χ1) is 16.7. The molecular weight excluding hydrogens is 485 g/mol. The lowest BCUT2D eigenvalue weighted by Gasteiger charge is -2.34. The molecule has 0 bridgehead atoms. The second kappa shape index (κ2) is 11.1.